The molecular formula is C46H69NO14. The van der Waals surface area contributed by atoms with Gasteiger partial charge in [-0.15, -0.1) is 0 Å². The van der Waals surface area contributed by atoms with E-state index in [0.717, 1.165) is 38.2 Å². The van der Waals surface area contributed by atoms with Crippen LogP contribution in [-0.2, 0) is 66.7 Å². The second-order valence-corrected chi connectivity index (χ2v) is 19.2. The molecule has 5 rings (SSSR count). The predicted octanol–water partition coefficient (Wildman–Crippen LogP) is 5.37. The fourth-order valence-electron chi connectivity index (χ4n) is 12.1. The van der Waals surface area contributed by atoms with Crippen molar-refractivity contribution in [2.24, 2.45) is 46.3 Å². The Labute approximate surface area is 360 Å². The maximum absolute atomic E-state index is 14.5. The van der Waals surface area contributed by atoms with Crippen molar-refractivity contribution >= 4 is 41.4 Å². The standard InChI is InChI=1S/C46H69NO14/c1-13-31(44(8,9)47-12)39(56-25(4)49)38(54)23(2)32-14-15-33-37-34(17-19-46(32,33)11)45(10)18-16-30(20-29(45)21-35(37)53)60-43-42(59-28(7)52)41(58-27(6)51)40(57-26(5)50)36(61-43)22-55-24(3)48/h21,23,30-34,36-37,39-43,47H,13-20,22H2,1-12H3/t23-,30-,31+,32+,33-,34-,36+,37-,39+,40+,41-,42+,43+,45-,46+/m0/s1. The van der Waals surface area contributed by atoms with E-state index in [1.165, 1.54) is 27.7 Å². The highest BCUT2D eigenvalue weighted by Crippen LogP contribution is 2.67. The summed E-state index contributed by atoms with van der Waals surface area (Å²) in [4.78, 5) is 90.1. The molecular weight excluding hydrogens is 790 g/mol. The lowest BCUT2D eigenvalue weighted by Crippen LogP contribution is -2.63. The molecule has 0 radical (unpaired) electrons. The summed E-state index contributed by atoms with van der Waals surface area (Å²) < 4.78 is 40.6. The molecule has 15 atom stereocenters. The van der Waals surface area contributed by atoms with Gasteiger partial charge in [0.1, 0.15) is 12.7 Å². The highest BCUT2D eigenvalue weighted by atomic mass is 16.7. The fourth-order valence-corrected chi connectivity index (χ4v) is 12.1. The van der Waals surface area contributed by atoms with Crippen molar-refractivity contribution in [1.29, 1.82) is 0 Å². The van der Waals surface area contributed by atoms with Gasteiger partial charge in [0.15, 0.2) is 42.3 Å². The van der Waals surface area contributed by atoms with Gasteiger partial charge in [-0.05, 0) is 107 Å². The van der Waals surface area contributed by atoms with E-state index < -0.39 is 78.3 Å². The Bertz CT molecular complexity index is 1740. The monoisotopic (exact) mass is 859 g/mol. The Kier molecular flexibility index (Phi) is 15.0. The summed E-state index contributed by atoms with van der Waals surface area (Å²) in [7, 11) is 1.85. The molecule has 0 aromatic heterocycles. The van der Waals surface area contributed by atoms with Gasteiger partial charge < -0.3 is 38.5 Å². The van der Waals surface area contributed by atoms with E-state index in [0.29, 0.717) is 25.7 Å². The van der Waals surface area contributed by atoms with Gasteiger partial charge in [0.2, 0.25) is 0 Å². The van der Waals surface area contributed by atoms with Crippen LogP contribution in [-0.4, -0.2) is 104 Å². The molecule has 4 fully saturated rings. The third-order valence-electron chi connectivity index (χ3n) is 15.3. The third kappa shape index (κ3) is 9.93. The van der Waals surface area contributed by atoms with Gasteiger partial charge in [-0.25, -0.2) is 0 Å². The van der Waals surface area contributed by atoms with Crippen LogP contribution in [0.5, 0.6) is 0 Å². The molecule has 0 amide bonds. The topological polar surface area (TPSA) is 196 Å². The summed E-state index contributed by atoms with van der Waals surface area (Å²) >= 11 is 0. The van der Waals surface area contributed by atoms with E-state index >= 15 is 0 Å². The average molecular weight is 860 g/mol. The highest BCUT2D eigenvalue weighted by Gasteiger charge is 2.63. The molecule has 3 saturated carbocycles. The molecule has 4 aliphatic carbocycles. The van der Waals surface area contributed by atoms with Crippen molar-refractivity contribution < 1.29 is 66.7 Å². The maximum atomic E-state index is 14.5. The quantitative estimate of drug-likeness (QED) is 0.163. The van der Waals surface area contributed by atoms with Gasteiger partial charge >= 0.3 is 29.8 Å². The van der Waals surface area contributed by atoms with Crippen LogP contribution >= 0.6 is 0 Å². The number of allylic oxidation sites excluding steroid dienone is 1. The molecule has 0 aromatic rings. The largest absolute Gasteiger partial charge is 0.463 e. The number of rotatable bonds is 15. The van der Waals surface area contributed by atoms with Gasteiger partial charge in [-0.1, -0.05) is 33.3 Å². The third-order valence-corrected chi connectivity index (χ3v) is 15.3. The van der Waals surface area contributed by atoms with Crippen LogP contribution in [0.3, 0.4) is 0 Å². The van der Waals surface area contributed by atoms with Crippen molar-refractivity contribution in [1.82, 2.24) is 5.32 Å². The lowest BCUT2D eigenvalue weighted by Gasteiger charge is -2.57. The molecule has 0 unspecified atom stereocenters. The SMILES string of the molecule is CC[C@H]([C@@H](OC(C)=O)C(=O)[C@@H](C)[C@H]1CC[C@H]2[C@@H]3C(=O)C=C4C[C@@H](O[C@@H]5O[C@H](COC(C)=O)[C@@H](OC(C)=O)[C@H](OC(C)=O)[C@H]5OC(C)=O)CC[C@]4(C)[C@H]3CC[C@]12C)C(C)(C)NC. The van der Waals surface area contributed by atoms with Crippen LogP contribution < -0.4 is 5.32 Å². The van der Waals surface area contributed by atoms with Gasteiger partial charge in [0.05, 0.1) is 6.10 Å². The van der Waals surface area contributed by atoms with Crippen molar-refractivity contribution in [3.8, 4) is 0 Å². The smallest absolute Gasteiger partial charge is 0.303 e. The van der Waals surface area contributed by atoms with Gasteiger partial charge in [0.25, 0.3) is 0 Å². The molecule has 0 bridgehead atoms. The summed E-state index contributed by atoms with van der Waals surface area (Å²) in [6.07, 6.45) is -0.362. The minimum absolute atomic E-state index is 0.0240. The summed E-state index contributed by atoms with van der Waals surface area (Å²) in [6.45, 7) is 18.3. The Balaban J connectivity index is 1.38. The summed E-state index contributed by atoms with van der Waals surface area (Å²) in [5.41, 5.74) is -0.0353. The first kappa shape index (κ1) is 48.3. The number of hydrogen-bond acceptors (Lipinski definition) is 15. The van der Waals surface area contributed by atoms with Gasteiger partial charge in [-0.2, -0.15) is 0 Å². The Hall–Kier alpha value is -3.69. The number of esters is 5. The molecule has 61 heavy (non-hydrogen) atoms. The zero-order chi connectivity index (χ0) is 45.4. The molecule has 1 aliphatic heterocycles. The zero-order valence-electron chi connectivity index (χ0n) is 38.2. The number of ketones is 2. The highest BCUT2D eigenvalue weighted by molar-refractivity contribution is 5.95. The van der Waals surface area contributed by atoms with Crippen molar-refractivity contribution in [2.75, 3.05) is 13.7 Å². The molecule has 0 spiro atoms. The Morgan fingerprint density at radius 2 is 1.46 bits per heavy atom. The predicted molar refractivity (Wildman–Crippen MR) is 219 cm³/mol. The van der Waals surface area contributed by atoms with Crippen LogP contribution in [0, 0.1) is 46.3 Å². The fraction of sp³-hybridized carbons (Fsp3) is 0.804. The van der Waals surface area contributed by atoms with E-state index in [1.54, 1.807) is 6.08 Å². The minimum Gasteiger partial charge on any atom is -0.463 e. The molecule has 342 valence electrons. The molecule has 15 heteroatoms. The first-order valence-corrected chi connectivity index (χ1v) is 22.1. The Morgan fingerprint density at radius 1 is 0.836 bits per heavy atom. The lowest BCUT2D eigenvalue weighted by molar-refractivity contribution is -0.318. The molecule has 1 N–H and O–H groups in total. The molecule has 1 saturated heterocycles. The minimum atomic E-state index is -1.35. The molecule has 5 aliphatic rings. The Morgan fingerprint density at radius 3 is 2.03 bits per heavy atom. The van der Waals surface area contributed by atoms with Crippen LogP contribution in [0.15, 0.2) is 11.6 Å². The first-order chi connectivity index (χ1) is 28.5. The van der Waals surface area contributed by atoms with E-state index in [4.69, 9.17) is 33.2 Å². The van der Waals surface area contributed by atoms with Gasteiger partial charge in [0, 0.05) is 57.9 Å². The van der Waals surface area contributed by atoms with Crippen LogP contribution in [0.4, 0.5) is 0 Å². The second kappa shape index (κ2) is 19.0. The summed E-state index contributed by atoms with van der Waals surface area (Å²) in [5, 5.41) is 3.32. The van der Waals surface area contributed by atoms with E-state index in [-0.39, 0.29) is 64.5 Å². The zero-order valence-corrected chi connectivity index (χ0v) is 38.2. The number of Topliss-reactive ketones (excluding diaryl/α,β-unsaturated/α-hetero) is 1. The molecule has 0 aromatic carbocycles. The van der Waals surface area contributed by atoms with Crippen LogP contribution in [0.2, 0.25) is 0 Å². The van der Waals surface area contributed by atoms with Crippen LogP contribution in [0.25, 0.3) is 0 Å². The summed E-state index contributed by atoms with van der Waals surface area (Å²) in [6, 6.07) is 0. The van der Waals surface area contributed by atoms with Gasteiger partial charge in [-0.3, -0.25) is 33.6 Å². The molecule has 15 nitrogen and oxygen atoms in total. The number of nitrogens with one attached hydrogen (secondary N) is 1. The van der Waals surface area contributed by atoms with E-state index in [2.05, 4.69) is 19.2 Å². The normalized spacial score (nSPS) is 36.1. The number of ether oxygens (including phenoxy) is 7. The van der Waals surface area contributed by atoms with Crippen LogP contribution in [0.1, 0.15) is 128 Å². The van der Waals surface area contributed by atoms with Crippen molar-refractivity contribution in [3.05, 3.63) is 11.6 Å². The number of carbonyl (C=O) groups excluding carboxylic acids is 7. The van der Waals surface area contributed by atoms with E-state index in [9.17, 15) is 33.6 Å². The van der Waals surface area contributed by atoms with E-state index in [1.807, 2.05) is 34.7 Å². The number of hydrogen-bond donors (Lipinski definition) is 1. The van der Waals surface area contributed by atoms with Crippen molar-refractivity contribution in [3.63, 3.8) is 0 Å². The number of fused-ring (bicyclic) bond motifs is 5. The van der Waals surface area contributed by atoms with Crippen molar-refractivity contribution in [2.45, 2.75) is 176 Å². The maximum Gasteiger partial charge on any atom is 0.303 e. The first-order valence-electron chi connectivity index (χ1n) is 22.1. The lowest BCUT2D eigenvalue weighted by atomic mass is 9.46. The average Bonchev–Trinajstić information content (AvgIpc) is 3.52. The second-order valence-electron chi connectivity index (χ2n) is 19.2. The molecule has 1 heterocycles. The summed E-state index contributed by atoms with van der Waals surface area (Å²) in [5.74, 6) is -3.85. The number of carbonyl (C=O) groups is 7.